The average molecular weight is 330 g/mol. The summed E-state index contributed by atoms with van der Waals surface area (Å²) in [5, 5.41) is 12.8. The van der Waals surface area contributed by atoms with Gasteiger partial charge in [-0.25, -0.2) is 0 Å². The fraction of sp³-hybridized carbons (Fsp3) is 0.650. The van der Waals surface area contributed by atoms with Crippen molar-refractivity contribution in [3.8, 4) is 0 Å². The van der Waals surface area contributed by atoms with E-state index in [1.807, 2.05) is 0 Å². The Morgan fingerprint density at radius 1 is 1.17 bits per heavy atom. The number of likely N-dealkylation sites (N-methyl/N-ethyl adjacent to an activating group) is 1. The molecule has 0 heterocycles. The lowest BCUT2D eigenvalue weighted by atomic mass is 9.84. The smallest absolute Gasteiger partial charge is 0.317 e. The molecular formula is C20H30N2O2. The Morgan fingerprint density at radius 2 is 1.92 bits per heavy atom. The number of carboxylic acids is 1. The molecule has 2 unspecified atom stereocenters. The lowest BCUT2D eigenvalue weighted by Gasteiger charge is -2.43. The molecule has 2 N–H and O–H groups in total. The van der Waals surface area contributed by atoms with Crippen LogP contribution in [0, 0.1) is 5.92 Å². The van der Waals surface area contributed by atoms with E-state index in [9.17, 15) is 4.79 Å². The first-order valence-electron chi connectivity index (χ1n) is 9.39. The second-order valence-corrected chi connectivity index (χ2v) is 7.51. The van der Waals surface area contributed by atoms with Crippen molar-refractivity contribution in [3.05, 3.63) is 35.9 Å². The fourth-order valence-electron chi connectivity index (χ4n) is 4.39. The summed E-state index contributed by atoms with van der Waals surface area (Å²) in [5.41, 5.74) is 1.46. The second kappa shape index (κ2) is 8.13. The molecular weight excluding hydrogens is 300 g/mol. The van der Waals surface area contributed by atoms with Crippen molar-refractivity contribution in [2.75, 3.05) is 13.1 Å². The monoisotopic (exact) mass is 330 g/mol. The first-order chi connectivity index (χ1) is 11.6. The summed E-state index contributed by atoms with van der Waals surface area (Å²) in [6.07, 6.45) is 7.28. The third kappa shape index (κ3) is 4.58. The standard InChI is InChI=1S/C20H30N2O2/c1-2-22(14-20(23)24)19-12-18(13-19)21-17-9-8-16(11-17)10-15-6-4-3-5-7-15/h3-7,16-19,21H,2,8-14H2,1H3,(H,23,24). The summed E-state index contributed by atoms with van der Waals surface area (Å²) < 4.78 is 0. The highest BCUT2D eigenvalue weighted by molar-refractivity contribution is 5.69. The van der Waals surface area contributed by atoms with Gasteiger partial charge in [0.1, 0.15) is 0 Å². The number of aliphatic carboxylic acids is 1. The van der Waals surface area contributed by atoms with E-state index in [1.165, 1.54) is 31.2 Å². The molecule has 1 aromatic rings. The lowest BCUT2D eigenvalue weighted by Crippen LogP contribution is -2.55. The highest BCUT2D eigenvalue weighted by Gasteiger charge is 2.36. The minimum absolute atomic E-state index is 0.177. The van der Waals surface area contributed by atoms with E-state index in [1.54, 1.807) is 0 Å². The van der Waals surface area contributed by atoms with Crippen LogP contribution in [0.3, 0.4) is 0 Å². The van der Waals surface area contributed by atoms with Crippen LogP contribution in [0.1, 0.15) is 44.6 Å². The van der Waals surface area contributed by atoms with Crippen LogP contribution in [-0.4, -0.2) is 47.2 Å². The van der Waals surface area contributed by atoms with Gasteiger partial charge in [0.25, 0.3) is 0 Å². The summed E-state index contributed by atoms with van der Waals surface area (Å²) in [7, 11) is 0. The average Bonchev–Trinajstić information content (AvgIpc) is 2.96. The molecule has 0 amide bonds. The molecule has 0 aliphatic heterocycles. The number of benzene rings is 1. The van der Waals surface area contributed by atoms with Crippen LogP contribution in [-0.2, 0) is 11.2 Å². The second-order valence-electron chi connectivity index (χ2n) is 7.51. The Bertz CT molecular complexity index is 528. The summed E-state index contributed by atoms with van der Waals surface area (Å²) in [5.74, 6) is 0.0905. The predicted octanol–water partition coefficient (Wildman–Crippen LogP) is 2.92. The van der Waals surface area contributed by atoms with Gasteiger partial charge in [0.2, 0.25) is 0 Å². The third-order valence-corrected chi connectivity index (χ3v) is 5.75. The van der Waals surface area contributed by atoms with Gasteiger partial charge in [-0.15, -0.1) is 0 Å². The zero-order valence-corrected chi connectivity index (χ0v) is 14.7. The van der Waals surface area contributed by atoms with E-state index in [2.05, 4.69) is 47.5 Å². The van der Waals surface area contributed by atoms with Crippen LogP contribution in [0.4, 0.5) is 0 Å². The number of nitrogens with zero attached hydrogens (tertiary/aromatic N) is 1. The molecule has 2 saturated carbocycles. The van der Waals surface area contributed by atoms with Gasteiger partial charge in [-0.1, -0.05) is 37.3 Å². The van der Waals surface area contributed by atoms with Gasteiger partial charge in [0, 0.05) is 18.1 Å². The van der Waals surface area contributed by atoms with Crippen LogP contribution in [0.2, 0.25) is 0 Å². The molecule has 2 atom stereocenters. The quantitative estimate of drug-likeness (QED) is 0.769. The molecule has 1 aromatic carbocycles. The molecule has 0 saturated heterocycles. The minimum atomic E-state index is -0.715. The van der Waals surface area contributed by atoms with Crippen molar-refractivity contribution in [1.29, 1.82) is 0 Å². The predicted molar refractivity (Wildman–Crippen MR) is 96.1 cm³/mol. The zero-order chi connectivity index (χ0) is 16.9. The summed E-state index contributed by atoms with van der Waals surface area (Å²) in [6.45, 7) is 3.05. The van der Waals surface area contributed by atoms with E-state index in [-0.39, 0.29) is 6.54 Å². The normalized spacial score (nSPS) is 29.6. The summed E-state index contributed by atoms with van der Waals surface area (Å²) in [6, 6.07) is 12.5. The fourth-order valence-corrected chi connectivity index (χ4v) is 4.39. The van der Waals surface area contributed by atoms with Crippen LogP contribution < -0.4 is 5.32 Å². The number of nitrogens with one attached hydrogen (secondary N) is 1. The maximum atomic E-state index is 10.9. The molecule has 2 aliphatic rings. The van der Waals surface area contributed by atoms with Crippen molar-refractivity contribution >= 4 is 5.97 Å². The van der Waals surface area contributed by atoms with Gasteiger partial charge >= 0.3 is 5.97 Å². The summed E-state index contributed by atoms with van der Waals surface area (Å²) in [4.78, 5) is 13.0. The molecule has 4 heteroatoms. The number of hydrogen-bond donors (Lipinski definition) is 2. The molecule has 0 radical (unpaired) electrons. The highest BCUT2D eigenvalue weighted by atomic mass is 16.4. The molecule has 0 bridgehead atoms. The highest BCUT2D eigenvalue weighted by Crippen LogP contribution is 2.32. The third-order valence-electron chi connectivity index (χ3n) is 5.75. The Balaban J connectivity index is 1.37. The SMILES string of the molecule is CCN(CC(=O)O)C1CC(NC2CCC(Cc3ccccc3)C2)C1. The molecule has 2 fully saturated rings. The van der Waals surface area contributed by atoms with E-state index in [4.69, 9.17) is 5.11 Å². The number of carboxylic acid groups (broad SMARTS) is 1. The van der Waals surface area contributed by atoms with E-state index >= 15 is 0 Å². The summed E-state index contributed by atoms with van der Waals surface area (Å²) >= 11 is 0. The van der Waals surface area contributed by atoms with Gasteiger partial charge in [-0.3, -0.25) is 9.69 Å². The number of carbonyl (C=O) groups is 1. The van der Waals surface area contributed by atoms with Gasteiger partial charge in [0.05, 0.1) is 6.54 Å². The molecule has 24 heavy (non-hydrogen) atoms. The van der Waals surface area contributed by atoms with E-state index in [0.717, 1.165) is 25.3 Å². The molecule has 0 spiro atoms. The first kappa shape index (κ1) is 17.4. The van der Waals surface area contributed by atoms with Crippen LogP contribution in [0.15, 0.2) is 30.3 Å². The van der Waals surface area contributed by atoms with Crippen LogP contribution >= 0.6 is 0 Å². The van der Waals surface area contributed by atoms with Crippen LogP contribution in [0.5, 0.6) is 0 Å². The van der Waals surface area contributed by atoms with Gasteiger partial charge in [0.15, 0.2) is 0 Å². The molecule has 0 aromatic heterocycles. The minimum Gasteiger partial charge on any atom is -0.480 e. The Hall–Kier alpha value is -1.39. The van der Waals surface area contributed by atoms with Crippen molar-refractivity contribution in [2.24, 2.45) is 5.92 Å². The van der Waals surface area contributed by atoms with Crippen molar-refractivity contribution in [2.45, 2.75) is 63.6 Å². The molecule has 4 nitrogen and oxygen atoms in total. The van der Waals surface area contributed by atoms with Crippen molar-refractivity contribution < 1.29 is 9.90 Å². The van der Waals surface area contributed by atoms with E-state index in [0.29, 0.717) is 18.1 Å². The van der Waals surface area contributed by atoms with E-state index < -0.39 is 5.97 Å². The van der Waals surface area contributed by atoms with Gasteiger partial charge in [-0.2, -0.15) is 0 Å². The Kier molecular flexibility index (Phi) is 5.90. The largest absolute Gasteiger partial charge is 0.480 e. The molecule has 3 rings (SSSR count). The Labute approximate surface area is 145 Å². The van der Waals surface area contributed by atoms with Crippen molar-refractivity contribution in [1.82, 2.24) is 10.2 Å². The molecule has 2 aliphatic carbocycles. The first-order valence-corrected chi connectivity index (χ1v) is 9.39. The Morgan fingerprint density at radius 3 is 2.58 bits per heavy atom. The van der Waals surface area contributed by atoms with Gasteiger partial charge < -0.3 is 10.4 Å². The zero-order valence-electron chi connectivity index (χ0n) is 14.7. The maximum absolute atomic E-state index is 10.9. The number of rotatable bonds is 8. The lowest BCUT2D eigenvalue weighted by molar-refractivity contribution is -0.139. The maximum Gasteiger partial charge on any atom is 0.317 e. The van der Waals surface area contributed by atoms with Crippen molar-refractivity contribution in [3.63, 3.8) is 0 Å². The molecule has 132 valence electrons. The topological polar surface area (TPSA) is 52.6 Å². The van der Waals surface area contributed by atoms with Gasteiger partial charge in [-0.05, 0) is 56.6 Å². The number of hydrogen-bond acceptors (Lipinski definition) is 3. The van der Waals surface area contributed by atoms with Crippen LogP contribution in [0.25, 0.3) is 0 Å².